The summed E-state index contributed by atoms with van der Waals surface area (Å²) in [5, 5.41) is 5.48. The minimum atomic E-state index is -0.507. The van der Waals surface area contributed by atoms with E-state index < -0.39 is 17.8 Å². The number of carbonyl (C=O) groups excluding carboxylic acids is 2. The lowest BCUT2D eigenvalue weighted by atomic mass is 10.2. The molecule has 1 atom stereocenters. The standard InChI is InChI=1S/C18H16ClFN2O3/c19-15-10-11(20)3-8-14(15)17(23)21-12-4-6-13(7-5-12)22-18(24)16-2-1-9-25-16/h3-8,10,16H,1-2,9H2,(H,21,23)(H,22,24)/t16-/m1/s1. The van der Waals surface area contributed by atoms with Gasteiger partial charge in [-0.15, -0.1) is 0 Å². The molecule has 25 heavy (non-hydrogen) atoms. The molecular weight excluding hydrogens is 347 g/mol. The maximum Gasteiger partial charge on any atom is 0.257 e. The molecule has 2 N–H and O–H groups in total. The molecule has 2 amide bonds. The van der Waals surface area contributed by atoms with Gasteiger partial charge < -0.3 is 15.4 Å². The van der Waals surface area contributed by atoms with Crippen molar-refractivity contribution in [3.8, 4) is 0 Å². The number of hydrogen-bond acceptors (Lipinski definition) is 3. The summed E-state index contributed by atoms with van der Waals surface area (Å²) in [5.41, 5.74) is 1.32. The van der Waals surface area contributed by atoms with Crippen molar-refractivity contribution < 1.29 is 18.7 Å². The third kappa shape index (κ3) is 4.35. The van der Waals surface area contributed by atoms with Gasteiger partial charge >= 0.3 is 0 Å². The Labute approximate surface area is 149 Å². The number of nitrogens with one attached hydrogen (secondary N) is 2. The van der Waals surface area contributed by atoms with E-state index in [2.05, 4.69) is 10.6 Å². The lowest BCUT2D eigenvalue weighted by Crippen LogP contribution is -2.26. The van der Waals surface area contributed by atoms with Gasteiger partial charge in [0.25, 0.3) is 11.8 Å². The predicted octanol–water partition coefficient (Wildman–Crippen LogP) is 3.85. The molecule has 130 valence electrons. The van der Waals surface area contributed by atoms with Crippen LogP contribution < -0.4 is 10.6 Å². The molecule has 0 aromatic heterocycles. The second kappa shape index (κ2) is 7.63. The maximum atomic E-state index is 13.0. The zero-order chi connectivity index (χ0) is 17.8. The smallest absolute Gasteiger partial charge is 0.257 e. The first-order valence-electron chi connectivity index (χ1n) is 7.82. The Bertz CT molecular complexity index is 789. The summed E-state index contributed by atoms with van der Waals surface area (Å²) in [6, 6.07) is 10.2. The van der Waals surface area contributed by atoms with Crippen LogP contribution in [0.3, 0.4) is 0 Å². The minimum absolute atomic E-state index is 0.0398. The molecule has 5 nitrogen and oxygen atoms in total. The van der Waals surface area contributed by atoms with Gasteiger partial charge in [-0.25, -0.2) is 4.39 Å². The van der Waals surface area contributed by atoms with Crippen molar-refractivity contribution in [1.29, 1.82) is 0 Å². The maximum absolute atomic E-state index is 13.0. The molecular formula is C18H16ClFN2O3. The van der Waals surface area contributed by atoms with Gasteiger partial charge in [0, 0.05) is 18.0 Å². The van der Waals surface area contributed by atoms with Crippen LogP contribution in [0.5, 0.6) is 0 Å². The zero-order valence-electron chi connectivity index (χ0n) is 13.2. The summed E-state index contributed by atoms with van der Waals surface area (Å²) >= 11 is 5.88. The second-order valence-electron chi connectivity index (χ2n) is 5.65. The molecule has 0 aliphatic carbocycles. The van der Waals surface area contributed by atoms with Crippen molar-refractivity contribution in [1.82, 2.24) is 0 Å². The first kappa shape index (κ1) is 17.4. The predicted molar refractivity (Wildman–Crippen MR) is 93.4 cm³/mol. The second-order valence-corrected chi connectivity index (χ2v) is 6.05. The van der Waals surface area contributed by atoms with E-state index in [1.54, 1.807) is 24.3 Å². The van der Waals surface area contributed by atoms with Crippen molar-refractivity contribution in [3.05, 3.63) is 58.9 Å². The number of halogens is 2. The molecule has 7 heteroatoms. The zero-order valence-corrected chi connectivity index (χ0v) is 14.0. The lowest BCUT2D eigenvalue weighted by molar-refractivity contribution is -0.124. The normalized spacial score (nSPS) is 16.5. The number of carbonyl (C=O) groups is 2. The van der Waals surface area contributed by atoms with Gasteiger partial charge in [0.05, 0.1) is 10.6 Å². The molecule has 2 aromatic carbocycles. The third-order valence-corrected chi connectivity index (χ3v) is 4.12. The molecule has 0 radical (unpaired) electrons. The van der Waals surface area contributed by atoms with E-state index in [0.717, 1.165) is 18.9 Å². The Morgan fingerprint density at radius 1 is 1.08 bits per heavy atom. The molecule has 1 saturated heterocycles. The van der Waals surface area contributed by atoms with E-state index in [1.807, 2.05) is 0 Å². The highest BCUT2D eigenvalue weighted by atomic mass is 35.5. The average Bonchev–Trinajstić information content (AvgIpc) is 3.11. The number of amides is 2. The summed E-state index contributed by atoms with van der Waals surface area (Å²) in [6.07, 6.45) is 1.20. The molecule has 1 aliphatic rings. The van der Waals surface area contributed by atoms with Crippen molar-refractivity contribution in [2.45, 2.75) is 18.9 Å². The Balaban J connectivity index is 1.62. The van der Waals surface area contributed by atoms with Crippen molar-refractivity contribution >= 4 is 34.8 Å². The molecule has 0 bridgehead atoms. The molecule has 1 fully saturated rings. The van der Waals surface area contributed by atoms with Gasteiger partial charge in [-0.3, -0.25) is 9.59 Å². The Hall–Kier alpha value is -2.44. The summed E-state index contributed by atoms with van der Waals surface area (Å²) in [4.78, 5) is 24.2. The Morgan fingerprint density at radius 3 is 2.36 bits per heavy atom. The topological polar surface area (TPSA) is 67.4 Å². The van der Waals surface area contributed by atoms with Crippen LogP contribution in [0.4, 0.5) is 15.8 Å². The van der Waals surface area contributed by atoms with Gasteiger partial charge in [0.2, 0.25) is 0 Å². The lowest BCUT2D eigenvalue weighted by Gasteiger charge is -2.11. The third-order valence-electron chi connectivity index (χ3n) is 3.81. The molecule has 1 heterocycles. The van der Waals surface area contributed by atoms with Crippen LogP contribution in [-0.2, 0) is 9.53 Å². The number of anilines is 2. The quantitative estimate of drug-likeness (QED) is 0.868. The van der Waals surface area contributed by atoms with Gasteiger partial charge in [-0.2, -0.15) is 0 Å². The summed E-state index contributed by atoms with van der Waals surface area (Å²) in [7, 11) is 0. The van der Waals surface area contributed by atoms with Crippen LogP contribution in [0.1, 0.15) is 23.2 Å². The fraction of sp³-hybridized carbons (Fsp3) is 0.222. The molecule has 2 aromatic rings. The number of hydrogen-bond donors (Lipinski definition) is 2. The first-order valence-corrected chi connectivity index (χ1v) is 8.19. The van der Waals surface area contributed by atoms with Crippen LogP contribution in [0.25, 0.3) is 0 Å². The van der Waals surface area contributed by atoms with Crippen LogP contribution in [0.2, 0.25) is 5.02 Å². The van der Waals surface area contributed by atoms with Crippen LogP contribution in [-0.4, -0.2) is 24.5 Å². The molecule has 0 saturated carbocycles. The van der Waals surface area contributed by atoms with E-state index >= 15 is 0 Å². The van der Waals surface area contributed by atoms with Gasteiger partial charge in [-0.05, 0) is 55.3 Å². The summed E-state index contributed by atoms with van der Waals surface area (Å²) in [5.74, 6) is -1.12. The van der Waals surface area contributed by atoms with E-state index in [9.17, 15) is 14.0 Å². The SMILES string of the molecule is O=C(Nc1ccc(NC(=O)[C@H]2CCCO2)cc1)c1ccc(F)cc1Cl. The van der Waals surface area contributed by atoms with Crippen LogP contribution in [0, 0.1) is 5.82 Å². The molecule has 1 aliphatic heterocycles. The fourth-order valence-corrected chi connectivity index (χ4v) is 2.77. The largest absolute Gasteiger partial charge is 0.368 e. The Kier molecular flexibility index (Phi) is 5.31. The molecule has 3 rings (SSSR count). The van der Waals surface area contributed by atoms with E-state index in [0.29, 0.717) is 18.0 Å². The minimum Gasteiger partial charge on any atom is -0.368 e. The number of rotatable bonds is 4. The van der Waals surface area contributed by atoms with Gasteiger partial charge in [-0.1, -0.05) is 11.6 Å². The van der Waals surface area contributed by atoms with Crippen molar-refractivity contribution in [2.75, 3.05) is 17.2 Å². The van der Waals surface area contributed by atoms with E-state index in [-0.39, 0.29) is 16.5 Å². The highest BCUT2D eigenvalue weighted by molar-refractivity contribution is 6.34. The van der Waals surface area contributed by atoms with E-state index in [1.165, 1.54) is 12.1 Å². The van der Waals surface area contributed by atoms with Crippen LogP contribution in [0.15, 0.2) is 42.5 Å². The van der Waals surface area contributed by atoms with Crippen molar-refractivity contribution in [3.63, 3.8) is 0 Å². The number of ether oxygens (including phenoxy) is 1. The fourth-order valence-electron chi connectivity index (χ4n) is 2.52. The van der Waals surface area contributed by atoms with Gasteiger partial charge in [0.1, 0.15) is 11.9 Å². The van der Waals surface area contributed by atoms with Crippen LogP contribution >= 0.6 is 11.6 Å². The average molecular weight is 363 g/mol. The Morgan fingerprint density at radius 2 is 1.76 bits per heavy atom. The highest BCUT2D eigenvalue weighted by Gasteiger charge is 2.23. The van der Waals surface area contributed by atoms with Crippen molar-refractivity contribution in [2.24, 2.45) is 0 Å². The first-order chi connectivity index (χ1) is 12.0. The monoisotopic (exact) mass is 362 g/mol. The van der Waals surface area contributed by atoms with Gasteiger partial charge in [0.15, 0.2) is 0 Å². The molecule has 0 spiro atoms. The summed E-state index contributed by atoms with van der Waals surface area (Å²) in [6.45, 7) is 0.606. The highest BCUT2D eigenvalue weighted by Crippen LogP contribution is 2.21. The molecule has 0 unspecified atom stereocenters. The number of benzene rings is 2. The van der Waals surface area contributed by atoms with E-state index in [4.69, 9.17) is 16.3 Å². The summed E-state index contributed by atoms with van der Waals surface area (Å²) < 4.78 is 18.4.